The molecule has 0 aromatic heterocycles. The molecule has 0 aliphatic carbocycles. The monoisotopic (exact) mass is 327 g/mol. The van der Waals surface area contributed by atoms with E-state index in [-0.39, 0.29) is 30.7 Å². The fourth-order valence-electron chi connectivity index (χ4n) is 3.02. The Kier molecular flexibility index (Phi) is 6.69. The predicted octanol–water partition coefficient (Wildman–Crippen LogP) is 0.446. The second kappa shape index (κ2) is 7.38. The number of nitrogens with zero attached hydrogens (tertiary/aromatic N) is 2. The minimum atomic E-state index is -3.35. The van der Waals surface area contributed by atoms with Crippen molar-refractivity contribution < 1.29 is 13.2 Å². The van der Waals surface area contributed by atoms with E-state index in [0.717, 1.165) is 12.8 Å². The minimum absolute atomic E-state index is 0. The number of hydrogen-bond donors (Lipinski definition) is 1. The number of rotatable bonds is 4. The van der Waals surface area contributed by atoms with E-state index in [1.165, 1.54) is 0 Å². The first-order chi connectivity index (χ1) is 8.95. The van der Waals surface area contributed by atoms with Gasteiger partial charge in [-0.1, -0.05) is 0 Å². The van der Waals surface area contributed by atoms with Gasteiger partial charge in [0.15, 0.2) is 0 Å². The Hall–Kier alpha value is 0.0800. The van der Waals surface area contributed by atoms with Crippen molar-refractivity contribution in [3.05, 3.63) is 0 Å². The van der Waals surface area contributed by atoms with Crippen molar-refractivity contribution >= 4 is 22.6 Å². The smallest absolute Gasteiger partial charge is 0.282 e. The normalized spacial score (nSPS) is 33.0. The molecule has 0 aromatic carbocycles. The standard InChI is InChI=1S/C12H25N3O3S.ClH/c1-10-8-14(9-11(2)18-10)19(16,17)15-6-4-5-12(15)7-13-3;/h10-13H,4-9H2,1-3H3;1H. The topological polar surface area (TPSA) is 61.9 Å². The first-order valence-corrected chi connectivity index (χ1v) is 8.41. The summed E-state index contributed by atoms with van der Waals surface area (Å²) in [6.45, 7) is 6.11. The van der Waals surface area contributed by atoms with Crippen LogP contribution in [0.5, 0.6) is 0 Å². The summed E-state index contributed by atoms with van der Waals surface area (Å²) in [5, 5.41) is 3.08. The summed E-state index contributed by atoms with van der Waals surface area (Å²) in [6, 6.07) is 0.0865. The molecule has 0 amide bonds. The lowest BCUT2D eigenvalue weighted by Crippen LogP contribution is -2.54. The van der Waals surface area contributed by atoms with Gasteiger partial charge < -0.3 is 10.1 Å². The van der Waals surface area contributed by atoms with Crippen LogP contribution in [0.4, 0.5) is 0 Å². The van der Waals surface area contributed by atoms with Crippen molar-refractivity contribution in [3.63, 3.8) is 0 Å². The van der Waals surface area contributed by atoms with Crippen molar-refractivity contribution in [2.75, 3.05) is 33.2 Å². The first kappa shape index (κ1) is 18.1. The van der Waals surface area contributed by atoms with E-state index in [0.29, 0.717) is 26.2 Å². The Morgan fingerprint density at radius 1 is 1.25 bits per heavy atom. The van der Waals surface area contributed by atoms with Crippen molar-refractivity contribution in [3.8, 4) is 0 Å². The van der Waals surface area contributed by atoms with Gasteiger partial charge in [-0.3, -0.25) is 0 Å². The van der Waals surface area contributed by atoms with E-state index in [1.807, 2.05) is 20.9 Å². The first-order valence-electron chi connectivity index (χ1n) is 7.02. The van der Waals surface area contributed by atoms with Crippen LogP contribution in [0.1, 0.15) is 26.7 Å². The summed E-state index contributed by atoms with van der Waals surface area (Å²) in [5.41, 5.74) is 0. The third-order valence-corrected chi connectivity index (χ3v) is 5.80. The Morgan fingerprint density at radius 2 is 1.85 bits per heavy atom. The Labute approximate surface area is 128 Å². The van der Waals surface area contributed by atoms with Gasteiger partial charge >= 0.3 is 0 Å². The molecule has 2 rings (SSSR count). The van der Waals surface area contributed by atoms with Crippen molar-refractivity contribution in [1.29, 1.82) is 0 Å². The zero-order chi connectivity index (χ0) is 14.0. The van der Waals surface area contributed by atoms with Crippen LogP contribution < -0.4 is 5.32 Å². The largest absolute Gasteiger partial charge is 0.373 e. The Bertz CT molecular complexity index is 397. The quantitative estimate of drug-likeness (QED) is 0.814. The summed E-state index contributed by atoms with van der Waals surface area (Å²) in [5.74, 6) is 0. The highest BCUT2D eigenvalue weighted by Gasteiger charge is 2.40. The van der Waals surface area contributed by atoms with E-state index in [2.05, 4.69) is 5.32 Å². The molecule has 0 saturated carbocycles. The van der Waals surface area contributed by atoms with E-state index in [1.54, 1.807) is 8.61 Å². The number of morpholine rings is 1. The number of halogens is 1. The van der Waals surface area contributed by atoms with Crippen LogP contribution in [0.15, 0.2) is 0 Å². The number of nitrogens with one attached hydrogen (secondary N) is 1. The van der Waals surface area contributed by atoms with Crippen LogP contribution in [0.2, 0.25) is 0 Å². The van der Waals surface area contributed by atoms with Crippen LogP contribution in [0, 0.1) is 0 Å². The molecule has 2 fully saturated rings. The number of ether oxygens (including phenoxy) is 1. The van der Waals surface area contributed by atoms with Crippen molar-refractivity contribution in [1.82, 2.24) is 13.9 Å². The summed E-state index contributed by atoms with van der Waals surface area (Å²) >= 11 is 0. The highest BCUT2D eigenvalue weighted by atomic mass is 35.5. The number of likely N-dealkylation sites (N-methyl/N-ethyl adjacent to an activating group) is 1. The second-order valence-corrected chi connectivity index (χ2v) is 7.43. The highest BCUT2D eigenvalue weighted by Crippen LogP contribution is 2.25. The van der Waals surface area contributed by atoms with Gasteiger partial charge in [-0.2, -0.15) is 17.0 Å². The van der Waals surface area contributed by atoms with E-state index in [9.17, 15) is 8.42 Å². The maximum atomic E-state index is 12.7. The van der Waals surface area contributed by atoms with E-state index in [4.69, 9.17) is 4.74 Å². The molecule has 0 bridgehead atoms. The lowest BCUT2D eigenvalue weighted by molar-refractivity contribution is -0.0455. The van der Waals surface area contributed by atoms with Crippen LogP contribution in [-0.2, 0) is 14.9 Å². The van der Waals surface area contributed by atoms with Crippen molar-refractivity contribution in [2.24, 2.45) is 0 Å². The third-order valence-electron chi connectivity index (χ3n) is 3.77. The molecule has 2 heterocycles. The average Bonchev–Trinajstić information content (AvgIpc) is 2.77. The molecule has 8 heteroatoms. The molecular weight excluding hydrogens is 302 g/mol. The average molecular weight is 328 g/mol. The molecular formula is C12H26ClN3O3S. The molecule has 3 unspecified atom stereocenters. The van der Waals surface area contributed by atoms with Gasteiger partial charge in [0.1, 0.15) is 0 Å². The molecule has 0 radical (unpaired) electrons. The summed E-state index contributed by atoms with van der Waals surface area (Å²) in [6.07, 6.45) is 1.81. The minimum Gasteiger partial charge on any atom is -0.373 e. The fourth-order valence-corrected chi connectivity index (χ4v) is 5.03. The van der Waals surface area contributed by atoms with Crippen LogP contribution in [0.3, 0.4) is 0 Å². The summed E-state index contributed by atoms with van der Waals surface area (Å²) < 4.78 is 34.3. The van der Waals surface area contributed by atoms with Gasteiger partial charge in [0, 0.05) is 32.2 Å². The van der Waals surface area contributed by atoms with Gasteiger partial charge in [-0.25, -0.2) is 0 Å². The third kappa shape index (κ3) is 3.84. The molecule has 0 spiro atoms. The van der Waals surface area contributed by atoms with E-state index >= 15 is 0 Å². The van der Waals surface area contributed by atoms with Gasteiger partial charge in [-0.05, 0) is 33.7 Å². The molecule has 20 heavy (non-hydrogen) atoms. The molecule has 2 aliphatic rings. The molecule has 0 aromatic rings. The zero-order valence-corrected chi connectivity index (χ0v) is 14.0. The molecule has 2 aliphatic heterocycles. The zero-order valence-electron chi connectivity index (χ0n) is 12.4. The maximum Gasteiger partial charge on any atom is 0.282 e. The van der Waals surface area contributed by atoms with Crippen LogP contribution >= 0.6 is 12.4 Å². The fraction of sp³-hybridized carbons (Fsp3) is 1.00. The molecule has 1 N–H and O–H groups in total. The van der Waals surface area contributed by atoms with Crippen molar-refractivity contribution in [2.45, 2.75) is 44.9 Å². The maximum absolute atomic E-state index is 12.7. The van der Waals surface area contributed by atoms with E-state index < -0.39 is 10.2 Å². The lowest BCUT2D eigenvalue weighted by Gasteiger charge is -2.37. The summed E-state index contributed by atoms with van der Waals surface area (Å²) in [4.78, 5) is 0. The molecule has 120 valence electrons. The number of hydrogen-bond acceptors (Lipinski definition) is 4. The lowest BCUT2D eigenvalue weighted by atomic mass is 10.2. The summed E-state index contributed by atoms with van der Waals surface area (Å²) in [7, 11) is -1.49. The predicted molar refractivity (Wildman–Crippen MR) is 81.4 cm³/mol. The molecule has 3 atom stereocenters. The Morgan fingerprint density at radius 3 is 2.40 bits per heavy atom. The SMILES string of the molecule is CNCC1CCCN1S(=O)(=O)N1CC(C)OC(C)C1.Cl. The van der Waals surface area contributed by atoms with Gasteiger partial charge in [0.25, 0.3) is 10.2 Å². The second-order valence-electron chi connectivity index (χ2n) is 5.55. The van der Waals surface area contributed by atoms with Gasteiger partial charge in [0.05, 0.1) is 12.2 Å². The van der Waals surface area contributed by atoms with Crippen LogP contribution in [0.25, 0.3) is 0 Å². The van der Waals surface area contributed by atoms with Gasteiger partial charge in [0.2, 0.25) is 0 Å². The molecule has 6 nitrogen and oxygen atoms in total. The van der Waals surface area contributed by atoms with Crippen LogP contribution in [-0.4, -0.2) is 68.5 Å². The molecule has 2 saturated heterocycles. The van der Waals surface area contributed by atoms with Gasteiger partial charge in [-0.15, -0.1) is 12.4 Å². The highest BCUT2D eigenvalue weighted by molar-refractivity contribution is 7.86. The Balaban J connectivity index is 0.00000200.